The number of piperidine rings is 1. The summed E-state index contributed by atoms with van der Waals surface area (Å²) in [7, 11) is 0. The van der Waals surface area contributed by atoms with Gasteiger partial charge in [-0.15, -0.1) is 0 Å². The van der Waals surface area contributed by atoms with Crippen LogP contribution in [0.4, 0.5) is 0 Å². The Morgan fingerprint density at radius 3 is 2.38 bits per heavy atom. The molecule has 2 aliphatic rings. The van der Waals surface area contributed by atoms with E-state index in [-0.39, 0.29) is 17.9 Å². The average molecular weight is 477 g/mol. The second-order valence-corrected chi connectivity index (χ2v) is 10.7. The molecule has 2 aromatic carbocycles. The summed E-state index contributed by atoms with van der Waals surface area (Å²) in [6.45, 7) is 1.23. The predicted octanol–water partition coefficient (Wildman–Crippen LogP) is 6.03. The van der Waals surface area contributed by atoms with Crippen molar-refractivity contribution in [3.8, 4) is 0 Å². The van der Waals surface area contributed by atoms with Crippen LogP contribution in [0.5, 0.6) is 0 Å². The first kappa shape index (κ1) is 23.0. The Kier molecular flexibility index (Phi) is 7.24. The van der Waals surface area contributed by atoms with E-state index in [0.717, 1.165) is 35.1 Å². The summed E-state index contributed by atoms with van der Waals surface area (Å²) in [4.78, 5) is 27.9. The van der Waals surface area contributed by atoms with Gasteiger partial charge < -0.3 is 14.6 Å². The maximum atomic E-state index is 13.5. The molecule has 0 atom stereocenters. The number of hydrogen-bond donors (Lipinski definition) is 1. The van der Waals surface area contributed by atoms with E-state index < -0.39 is 0 Å². The van der Waals surface area contributed by atoms with Crippen LogP contribution in [0.2, 0.25) is 0 Å². The number of benzene rings is 2. The van der Waals surface area contributed by atoms with Crippen LogP contribution in [0.15, 0.2) is 59.0 Å². The Morgan fingerprint density at radius 2 is 1.62 bits per heavy atom. The quantitative estimate of drug-likeness (QED) is 0.472. The van der Waals surface area contributed by atoms with Gasteiger partial charge in [0.05, 0.1) is 0 Å². The number of rotatable bonds is 6. The van der Waals surface area contributed by atoms with E-state index in [0.29, 0.717) is 29.7 Å². The third-order valence-electron chi connectivity index (χ3n) is 7.06. The fourth-order valence-electron chi connectivity index (χ4n) is 5.08. The molecule has 0 bridgehead atoms. The van der Waals surface area contributed by atoms with Gasteiger partial charge in [-0.3, -0.25) is 9.59 Å². The fourth-order valence-corrected chi connectivity index (χ4v) is 6.43. The molecule has 1 saturated heterocycles. The lowest BCUT2D eigenvalue weighted by atomic mass is 10.0. The van der Waals surface area contributed by atoms with Crippen LogP contribution >= 0.6 is 11.8 Å². The summed E-state index contributed by atoms with van der Waals surface area (Å²) in [6.07, 6.45) is 8.00. The van der Waals surface area contributed by atoms with Crippen LogP contribution in [0.3, 0.4) is 0 Å². The van der Waals surface area contributed by atoms with Crippen LogP contribution in [-0.2, 0) is 5.75 Å². The minimum Gasteiger partial charge on any atom is -0.451 e. The van der Waals surface area contributed by atoms with Crippen LogP contribution in [0.25, 0.3) is 11.0 Å². The van der Waals surface area contributed by atoms with E-state index in [2.05, 4.69) is 11.4 Å². The standard InChI is InChI=1S/C28H32N2O3S/c31-27(20-9-3-1-4-10-20)29-21-15-17-30(18-16-21)28(32)26-24(19-34-22-11-5-2-6-12-22)23-13-7-8-14-25(23)33-26/h1,3-4,7-10,13-14,21-22H,2,5-6,11-12,15-19H2,(H,29,31). The maximum Gasteiger partial charge on any atom is 0.289 e. The minimum absolute atomic E-state index is 0.0247. The van der Waals surface area contributed by atoms with Gasteiger partial charge in [-0.25, -0.2) is 0 Å². The van der Waals surface area contributed by atoms with Crippen molar-refractivity contribution in [1.29, 1.82) is 0 Å². The van der Waals surface area contributed by atoms with E-state index in [1.165, 1.54) is 32.1 Å². The molecule has 0 unspecified atom stereocenters. The number of carbonyl (C=O) groups is 2. The van der Waals surface area contributed by atoms with Gasteiger partial charge in [0.2, 0.25) is 0 Å². The Morgan fingerprint density at radius 1 is 0.912 bits per heavy atom. The first-order valence-electron chi connectivity index (χ1n) is 12.5. The average Bonchev–Trinajstić information content (AvgIpc) is 3.27. The number of carbonyl (C=O) groups excluding carboxylic acids is 2. The number of likely N-dealkylation sites (tertiary alicyclic amines) is 1. The molecule has 178 valence electrons. The zero-order valence-corrected chi connectivity index (χ0v) is 20.3. The van der Waals surface area contributed by atoms with Gasteiger partial charge in [-0.05, 0) is 43.9 Å². The number of nitrogens with one attached hydrogen (secondary N) is 1. The fraction of sp³-hybridized carbons (Fsp3) is 0.429. The second-order valence-electron chi connectivity index (χ2n) is 9.38. The third kappa shape index (κ3) is 5.17. The lowest BCUT2D eigenvalue weighted by Gasteiger charge is -2.32. The normalized spacial score (nSPS) is 17.7. The van der Waals surface area contributed by atoms with Gasteiger partial charge in [0.15, 0.2) is 5.76 Å². The summed E-state index contributed by atoms with van der Waals surface area (Å²) < 4.78 is 6.13. The van der Waals surface area contributed by atoms with Gasteiger partial charge in [0.25, 0.3) is 11.8 Å². The lowest BCUT2D eigenvalue weighted by Crippen LogP contribution is -2.46. The molecule has 1 N–H and O–H groups in total. The molecule has 1 aliphatic heterocycles. The van der Waals surface area contributed by atoms with E-state index >= 15 is 0 Å². The number of fused-ring (bicyclic) bond motifs is 1. The van der Waals surface area contributed by atoms with Crippen LogP contribution in [0, 0.1) is 0 Å². The molecule has 6 heteroatoms. The zero-order valence-electron chi connectivity index (χ0n) is 19.5. The molecule has 34 heavy (non-hydrogen) atoms. The van der Waals surface area contributed by atoms with Crippen molar-refractivity contribution >= 4 is 34.5 Å². The molecule has 2 fully saturated rings. The number of nitrogens with zero attached hydrogens (tertiary/aromatic N) is 1. The highest BCUT2D eigenvalue weighted by molar-refractivity contribution is 7.99. The highest BCUT2D eigenvalue weighted by atomic mass is 32.2. The van der Waals surface area contributed by atoms with Crippen LogP contribution in [-0.4, -0.2) is 41.1 Å². The van der Waals surface area contributed by atoms with Gasteiger partial charge in [-0.2, -0.15) is 11.8 Å². The maximum absolute atomic E-state index is 13.5. The highest BCUT2D eigenvalue weighted by Gasteiger charge is 2.29. The molecule has 0 spiro atoms. The lowest BCUT2D eigenvalue weighted by molar-refractivity contribution is 0.0668. The largest absolute Gasteiger partial charge is 0.451 e. The van der Waals surface area contributed by atoms with E-state index in [9.17, 15) is 9.59 Å². The molecule has 2 amide bonds. The van der Waals surface area contributed by atoms with Gasteiger partial charge in [0, 0.05) is 46.6 Å². The van der Waals surface area contributed by atoms with Gasteiger partial charge >= 0.3 is 0 Å². The topological polar surface area (TPSA) is 62.6 Å². The third-order valence-corrected chi connectivity index (χ3v) is 8.46. The van der Waals surface area contributed by atoms with Crippen LogP contribution < -0.4 is 5.32 Å². The van der Waals surface area contributed by atoms with Crippen molar-refractivity contribution < 1.29 is 14.0 Å². The summed E-state index contributed by atoms with van der Waals surface area (Å²) in [6, 6.07) is 17.4. The molecule has 1 saturated carbocycles. The first-order valence-corrected chi connectivity index (χ1v) is 13.5. The van der Waals surface area contributed by atoms with Gasteiger partial charge in [-0.1, -0.05) is 55.7 Å². The Labute approximate surface area is 205 Å². The first-order chi connectivity index (χ1) is 16.7. The minimum atomic E-state index is -0.0512. The summed E-state index contributed by atoms with van der Waals surface area (Å²) in [5.41, 5.74) is 2.49. The molecule has 2 heterocycles. The molecule has 0 radical (unpaired) electrons. The predicted molar refractivity (Wildman–Crippen MR) is 137 cm³/mol. The number of furan rings is 1. The highest BCUT2D eigenvalue weighted by Crippen LogP contribution is 2.35. The summed E-state index contributed by atoms with van der Waals surface area (Å²) in [5.74, 6) is 1.23. The van der Waals surface area contributed by atoms with E-state index in [1.54, 1.807) is 0 Å². The number of hydrogen-bond acceptors (Lipinski definition) is 4. The van der Waals surface area contributed by atoms with Crippen molar-refractivity contribution in [3.63, 3.8) is 0 Å². The summed E-state index contributed by atoms with van der Waals surface area (Å²) in [5, 5.41) is 4.85. The molecule has 1 aliphatic carbocycles. The van der Waals surface area contributed by atoms with E-state index in [1.807, 2.05) is 65.2 Å². The van der Waals surface area contributed by atoms with Crippen molar-refractivity contribution in [2.24, 2.45) is 0 Å². The molecule has 3 aromatic rings. The smallest absolute Gasteiger partial charge is 0.289 e. The van der Waals surface area contributed by atoms with Crippen molar-refractivity contribution in [3.05, 3.63) is 71.5 Å². The summed E-state index contributed by atoms with van der Waals surface area (Å²) >= 11 is 1.98. The van der Waals surface area contributed by atoms with Crippen molar-refractivity contribution in [2.75, 3.05) is 13.1 Å². The van der Waals surface area contributed by atoms with Crippen molar-refractivity contribution in [1.82, 2.24) is 10.2 Å². The van der Waals surface area contributed by atoms with E-state index in [4.69, 9.17) is 4.42 Å². The Hall–Kier alpha value is -2.73. The number of thioether (sulfide) groups is 1. The van der Waals surface area contributed by atoms with Crippen LogP contribution in [0.1, 0.15) is 71.4 Å². The Balaban J connectivity index is 1.25. The SMILES string of the molecule is O=C(NC1CCN(C(=O)c2oc3ccccc3c2CSC2CCCCC2)CC1)c1ccccc1. The molecular weight excluding hydrogens is 444 g/mol. The van der Waals surface area contributed by atoms with Gasteiger partial charge in [0.1, 0.15) is 5.58 Å². The Bertz CT molecular complexity index is 1130. The number of amides is 2. The molecule has 1 aromatic heterocycles. The number of para-hydroxylation sites is 1. The zero-order chi connectivity index (χ0) is 23.3. The molecule has 5 nitrogen and oxygen atoms in total. The monoisotopic (exact) mass is 476 g/mol. The second kappa shape index (κ2) is 10.7. The molecular formula is C28H32N2O3S. The van der Waals surface area contributed by atoms with Crippen molar-refractivity contribution in [2.45, 2.75) is 62.0 Å². The molecule has 5 rings (SSSR count).